The largest absolute Gasteiger partial charge is 0.545 e. The summed E-state index contributed by atoms with van der Waals surface area (Å²) in [6.07, 6.45) is 1.24. The lowest BCUT2D eigenvalue weighted by molar-refractivity contribution is -0.255. The predicted octanol–water partition coefficient (Wildman–Crippen LogP) is 0.559. The van der Waals surface area contributed by atoms with E-state index in [9.17, 15) is 18.3 Å². The molecular weight excluding hydrogens is 244 g/mol. The molecule has 0 spiro atoms. The van der Waals surface area contributed by atoms with Gasteiger partial charge in [-0.1, -0.05) is 25.5 Å². The first-order chi connectivity index (χ1) is 7.94. The van der Waals surface area contributed by atoms with Gasteiger partial charge in [-0.2, -0.15) is 8.42 Å². The van der Waals surface area contributed by atoms with Crippen LogP contribution in [0, 0.1) is 0 Å². The number of carboxylic acids is 1. The fourth-order valence-electron chi connectivity index (χ4n) is 1.18. The topological polar surface area (TPSA) is 83.5 Å². The molecule has 0 saturated carbocycles. The smallest absolute Gasteiger partial charge is 0.309 e. The monoisotopic (exact) mass is 257 g/mol. The van der Waals surface area contributed by atoms with Gasteiger partial charge in [-0.3, -0.25) is 0 Å². The van der Waals surface area contributed by atoms with Crippen molar-refractivity contribution in [3.63, 3.8) is 0 Å². The van der Waals surface area contributed by atoms with Crippen LogP contribution in [-0.2, 0) is 10.1 Å². The summed E-state index contributed by atoms with van der Waals surface area (Å²) in [7, 11) is -3.65. The molecule has 0 fully saturated rings. The standard InChI is InChI=1S/C11H14O5S/c1-2-3-7-17(14,15)16-10-6-4-5-9(8-10)11(12)13/h4-6,8H,2-3,7H2,1H3,(H,12,13)/p-1. The van der Waals surface area contributed by atoms with Crippen LogP contribution >= 0.6 is 0 Å². The maximum Gasteiger partial charge on any atom is 0.309 e. The average molecular weight is 257 g/mol. The average Bonchev–Trinajstić information content (AvgIpc) is 2.26. The Morgan fingerprint density at radius 1 is 1.41 bits per heavy atom. The number of aromatic carboxylic acids is 1. The van der Waals surface area contributed by atoms with Crippen LogP contribution in [0.3, 0.4) is 0 Å². The van der Waals surface area contributed by atoms with Gasteiger partial charge < -0.3 is 14.1 Å². The summed E-state index contributed by atoms with van der Waals surface area (Å²) in [4.78, 5) is 10.6. The Morgan fingerprint density at radius 2 is 2.12 bits per heavy atom. The molecule has 6 heteroatoms. The van der Waals surface area contributed by atoms with Crippen LogP contribution in [0.2, 0.25) is 0 Å². The SMILES string of the molecule is CCCCS(=O)(=O)Oc1cccc(C(=O)[O-])c1. The maximum absolute atomic E-state index is 11.5. The number of unbranched alkanes of at least 4 members (excludes halogenated alkanes) is 1. The predicted molar refractivity (Wildman–Crippen MR) is 60.1 cm³/mol. The van der Waals surface area contributed by atoms with Crippen LogP contribution < -0.4 is 9.29 Å². The summed E-state index contributed by atoms with van der Waals surface area (Å²) < 4.78 is 27.7. The summed E-state index contributed by atoms with van der Waals surface area (Å²) in [6.45, 7) is 1.87. The van der Waals surface area contributed by atoms with Crippen molar-refractivity contribution in [3.8, 4) is 5.75 Å². The van der Waals surface area contributed by atoms with Gasteiger partial charge in [0.15, 0.2) is 0 Å². The molecule has 0 aromatic heterocycles. The fourth-order valence-corrected chi connectivity index (χ4v) is 2.31. The fraction of sp³-hybridized carbons (Fsp3) is 0.364. The molecule has 0 atom stereocenters. The van der Waals surface area contributed by atoms with Gasteiger partial charge in [0.05, 0.1) is 11.7 Å². The summed E-state index contributed by atoms with van der Waals surface area (Å²) in [5, 5.41) is 10.6. The third kappa shape index (κ3) is 4.44. The molecule has 0 aliphatic rings. The van der Waals surface area contributed by atoms with Crippen molar-refractivity contribution in [2.24, 2.45) is 0 Å². The van der Waals surface area contributed by atoms with Gasteiger partial charge in [-0.25, -0.2) is 0 Å². The van der Waals surface area contributed by atoms with E-state index in [1.165, 1.54) is 18.2 Å². The summed E-state index contributed by atoms with van der Waals surface area (Å²) in [5.41, 5.74) is -0.117. The highest BCUT2D eigenvalue weighted by Gasteiger charge is 2.12. The molecule has 5 nitrogen and oxygen atoms in total. The zero-order valence-electron chi connectivity index (χ0n) is 9.38. The molecule has 94 valence electrons. The Kier molecular flexibility index (Phi) is 4.51. The van der Waals surface area contributed by atoms with E-state index in [1.54, 1.807) is 0 Å². The van der Waals surface area contributed by atoms with Crippen molar-refractivity contribution >= 4 is 16.1 Å². The van der Waals surface area contributed by atoms with E-state index in [0.29, 0.717) is 6.42 Å². The molecule has 0 aliphatic carbocycles. The first kappa shape index (κ1) is 13.5. The van der Waals surface area contributed by atoms with Crippen LogP contribution in [0.25, 0.3) is 0 Å². The van der Waals surface area contributed by atoms with Crippen molar-refractivity contribution in [2.75, 3.05) is 5.75 Å². The lowest BCUT2D eigenvalue weighted by atomic mass is 10.2. The molecule has 1 aromatic carbocycles. The van der Waals surface area contributed by atoms with Gasteiger partial charge in [0, 0.05) is 5.56 Å². The lowest BCUT2D eigenvalue weighted by Gasteiger charge is -2.08. The van der Waals surface area contributed by atoms with Crippen molar-refractivity contribution in [3.05, 3.63) is 29.8 Å². The Hall–Kier alpha value is -1.56. The van der Waals surface area contributed by atoms with Crippen LogP contribution in [0.15, 0.2) is 24.3 Å². The summed E-state index contributed by atoms with van der Waals surface area (Å²) in [5.74, 6) is -1.47. The van der Waals surface area contributed by atoms with E-state index in [-0.39, 0.29) is 17.1 Å². The maximum atomic E-state index is 11.5. The molecule has 1 aromatic rings. The number of carbonyl (C=O) groups is 1. The Morgan fingerprint density at radius 3 is 2.71 bits per heavy atom. The van der Waals surface area contributed by atoms with Crippen molar-refractivity contribution in [2.45, 2.75) is 19.8 Å². The highest BCUT2D eigenvalue weighted by molar-refractivity contribution is 7.87. The second-order valence-electron chi connectivity index (χ2n) is 3.51. The van der Waals surface area contributed by atoms with E-state index in [0.717, 1.165) is 12.5 Å². The number of carboxylic acid groups (broad SMARTS) is 1. The van der Waals surface area contributed by atoms with Gasteiger partial charge in [-0.15, -0.1) is 0 Å². The summed E-state index contributed by atoms with van der Waals surface area (Å²) >= 11 is 0. The molecule has 0 amide bonds. The quantitative estimate of drug-likeness (QED) is 0.695. The van der Waals surface area contributed by atoms with Gasteiger partial charge in [-0.05, 0) is 18.6 Å². The van der Waals surface area contributed by atoms with Crippen LogP contribution in [-0.4, -0.2) is 20.1 Å². The molecule has 17 heavy (non-hydrogen) atoms. The van der Waals surface area contributed by atoms with Gasteiger partial charge >= 0.3 is 10.1 Å². The third-order valence-electron chi connectivity index (χ3n) is 2.04. The first-order valence-corrected chi connectivity index (χ1v) is 6.76. The molecule has 0 radical (unpaired) electrons. The van der Waals surface area contributed by atoms with Gasteiger partial charge in [0.25, 0.3) is 0 Å². The van der Waals surface area contributed by atoms with E-state index in [4.69, 9.17) is 4.18 Å². The van der Waals surface area contributed by atoms with Gasteiger partial charge in [0.2, 0.25) is 0 Å². The number of rotatable bonds is 6. The molecule has 0 N–H and O–H groups in total. The highest BCUT2D eigenvalue weighted by atomic mass is 32.2. The van der Waals surface area contributed by atoms with Gasteiger partial charge in [0.1, 0.15) is 5.75 Å². The van der Waals surface area contributed by atoms with E-state index in [2.05, 4.69) is 0 Å². The third-order valence-corrected chi connectivity index (χ3v) is 3.28. The molecular formula is C11H13O5S-. The Bertz CT molecular complexity index is 492. The second kappa shape index (κ2) is 5.67. The number of hydrogen-bond donors (Lipinski definition) is 0. The van der Waals surface area contributed by atoms with Crippen LogP contribution in [0.5, 0.6) is 5.75 Å². The number of benzene rings is 1. The molecule has 0 unspecified atom stereocenters. The second-order valence-corrected chi connectivity index (χ2v) is 5.20. The number of carbonyl (C=O) groups excluding carboxylic acids is 1. The highest BCUT2D eigenvalue weighted by Crippen LogP contribution is 2.15. The minimum Gasteiger partial charge on any atom is -0.545 e. The van der Waals surface area contributed by atoms with E-state index in [1.807, 2.05) is 6.92 Å². The molecule has 0 saturated heterocycles. The molecule has 1 rings (SSSR count). The lowest BCUT2D eigenvalue weighted by Crippen LogP contribution is -2.22. The minimum atomic E-state index is -3.65. The number of hydrogen-bond acceptors (Lipinski definition) is 5. The molecule has 0 heterocycles. The minimum absolute atomic E-state index is 0.0113. The summed E-state index contributed by atoms with van der Waals surface area (Å²) in [6, 6.07) is 5.21. The van der Waals surface area contributed by atoms with E-state index < -0.39 is 16.1 Å². The van der Waals surface area contributed by atoms with Crippen LogP contribution in [0.4, 0.5) is 0 Å². The first-order valence-electron chi connectivity index (χ1n) is 5.18. The van der Waals surface area contributed by atoms with Crippen molar-refractivity contribution < 1.29 is 22.5 Å². The van der Waals surface area contributed by atoms with Crippen LogP contribution in [0.1, 0.15) is 30.1 Å². The Balaban J connectivity index is 2.81. The zero-order chi connectivity index (χ0) is 12.9. The van der Waals surface area contributed by atoms with Crippen molar-refractivity contribution in [1.82, 2.24) is 0 Å². The molecule has 0 bridgehead atoms. The Labute approximate surface area is 100 Å². The van der Waals surface area contributed by atoms with Crippen molar-refractivity contribution in [1.29, 1.82) is 0 Å². The zero-order valence-corrected chi connectivity index (χ0v) is 10.2. The van der Waals surface area contributed by atoms with E-state index >= 15 is 0 Å². The molecule has 0 aliphatic heterocycles. The normalized spacial score (nSPS) is 11.1.